The van der Waals surface area contributed by atoms with Crippen LogP contribution in [0.5, 0.6) is 0 Å². The predicted molar refractivity (Wildman–Crippen MR) is 101 cm³/mol. The summed E-state index contributed by atoms with van der Waals surface area (Å²) in [6, 6.07) is 7.57. The van der Waals surface area contributed by atoms with Gasteiger partial charge in [0.1, 0.15) is 0 Å². The van der Waals surface area contributed by atoms with E-state index in [9.17, 15) is 4.79 Å². The predicted octanol–water partition coefficient (Wildman–Crippen LogP) is 2.48. The molecule has 1 amide bonds. The van der Waals surface area contributed by atoms with Gasteiger partial charge in [-0.1, -0.05) is 35.5 Å². The molecule has 8 heteroatoms. The van der Waals surface area contributed by atoms with Gasteiger partial charge in [-0.25, -0.2) is 0 Å². The first-order chi connectivity index (χ1) is 12.1. The molecule has 0 radical (unpaired) electrons. The van der Waals surface area contributed by atoms with Crippen LogP contribution in [0.3, 0.4) is 0 Å². The Kier molecular flexibility index (Phi) is 5.98. The van der Waals surface area contributed by atoms with Gasteiger partial charge in [-0.05, 0) is 26.1 Å². The van der Waals surface area contributed by atoms with E-state index in [0.29, 0.717) is 10.8 Å². The molecule has 1 saturated heterocycles. The number of hydrogen-bond donors (Lipinski definition) is 0. The van der Waals surface area contributed by atoms with Crippen LogP contribution in [0.25, 0.3) is 11.4 Å². The minimum absolute atomic E-state index is 0.160. The molecule has 1 aliphatic rings. The molecule has 1 aromatic heterocycles. The number of benzene rings is 1. The number of thioether (sulfide) groups is 1. The van der Waals surface area contributed by atoms with Gasteiger partial charge in [0.2, 0.25) is 5.91 Å². The van der Waals surface area contributed by atoms with Crippen molar-refractivity contribution in [1.82, 2.24) is 24.6 Å². The molecule has 1 fully saturated rings. The summed E-state index contributed by atoms with van der Waals surface area (Å²) in [7, 11) is 2.08. The van der Waals surface area contributed by atoms with Crippen molar-refractivity contribution >= 4 is 29.3 Å². The van der Waals surface area contributed by atoms with Crippen LogP contribution in [0.4, 0.5) is 0 Å². The van der Waals surface area contributed by atoms with Gasteiger partial charge < -0.3 is 14.4 Å². The molecular weight excluding hydrogens is 358 g/mol. The summed E-state index contributed by atoms with van der Waals surface area (Å²) in [5.41, 5.74) is 0.930. The lowest BCUT2D eigenvalue weighted by molar-refractivity contribution is -0.129. The zero-order valence-electron chi connectivity index (χ0n) is 14.5. The van der Waals surface area contributed by atoms with Crippen molar-refractivity contribution < 1.29 is 4.79 Å². The summed E-state index contributed by atoms with van der Waals surface area (Å²) in [5, 5.41) is 10.0. The highest BCUT2D eigenvalue weighted by molar-refractivity contribution is 7.99. The lowest BCUT2D eigenvalue weighted by atomic mass is 10.2. The maximum Gasteiger partial charge on any atom is 0.233 e. The molecule has 3 rings (SSSR count). The number of carbonyl (C=O) groups excluding carboxylic acids is 1. The molecule has 0 aliphatic carbocycles. The molecule has 25 heavy (non-hydrogen) atoms. The Labute approximate surface area is 157 Å². The first kappa shape index (κ1) is 18.2. The van der Waals surface area contributed by atoms with Crippen LogP contribution in [0.1, 0.15) is 6.92 Å². The molecule has 2 aromatic rings. The molecular formula is C17H22ClN5OS. The average Bonchev–Trinajstić information content (AvgIpc) is 3.03. The fraction of sp³-hybridized carbons (Fsp3) is 0.471. The number of nitrogens with zero attached hydrogens (tertiary/aromatic N) is 5. The van der Waals surface area contributed by atoms with Crippen molar-refractivity contribution in [2.24, 2.45) is 0 Å². The van der Waals surface area contributed by atoms with Gasteiger partial charge in [0.05, 0.1) is 5.75 Å². The normalized spacial score (nSPS) is 15.6. The van der Waals surface area contributed by atoms with E-state index in [2.05, 4.69) is 22.1 Å². The third-order valence-electron chi connectivity index (χ3n) is 4.30. The minimum Gasteiger partial charge on any atom is -0.339 e. The summed E-state index contributed by atoms with van der Waals surface area (Å²) in [6.45, 7) is 6.23. The SMILES string of the molecule is CCn1c(SCC(=O)N2CCN(C)CC2)nnc1-c1cccc(Cl)c1. The highest BCUT2D eigenvalue weighted by Gasteiger charge is 2.20. The van der Waals surface area contributed by atoms with Crippen molar-refractivity contribution in [3.63, 3.8) is 0 Å². The number of halogens is 1. The van der Waals surface area contributed by atoms with Crippen LogP contribution in [-0.4, -0.2) is 69.5 Å². The number of aromatic nitrogens is 3. The molecule has 0 atom stereocenters. The number of carbonyl (C=O) groups is 1. The number of rotatable bonds is 5. The Morgan fingerprint density at radius 3 is 2.68 bits per heavy atom. The Balaban J connectivity index is 1.68. The largest absolute Gasteiger partial charge is 0.339 e. The van der Waals surface area contributed by atoms with E-state index in [-0.39, 0.29) is 5.91 Å². The zero-order chi connectivity index (χ0) is 17.8. The molecule has 1 aromatic carbocycles. The number of piperazine rings is 1. The molecule has 2 heterocycles. The third kappa shape index (κ3) is 4.34. The van der Waals surface area contributed by atoms with E-state index >= 15 is 0 Å². The monoisotopic (exact) mass is 379 g/mol. The minimum atomic E-state index is 0.160. The van der Waals surface area contributed by atoms with Gasteiger partial charge in [0.15, 0.2) is 11.0 Å². The maximum absolute atomic E-state index is 12.4. The Hall–Kier alpha value is -1.57. The number of amides is 1. The zero-order valence-corrected chi connectivity index (χ0v) is 16.1. The lowest BCUT2D eigenvalue weighted by Gasteiger charge is -2.32. The van der Waals surface area contributed by atoms with Crippen LogP contribution >= 0.6 is 23.4 Å². The lowest BCUT2D eigenvalue weighted by Crippen LogP contribution is -2.47. The highest BCUT2D eigenvalue weighted by atomic mass is 35.5. The topological polar surface area (TPSA) is 54.3 Å². The van der Waals surface area contributed by atoms with Crippen LogP contribution in [-0.2, 0) is 11.3 Å². The number of likely N-dealkylation sites (N-methyl/N-ethyl adjacent to an activating group) is 1. The van der Waals surface area contributed by atoms with Crippen LogP contribution < -0.4 is 0 Å². The first-order valence-corrected chi connectivity index (χ1v) is 9.73. The Morgan fingerprint density at radius 2 is 2.00 bits per heavy atom. The van der Waals surface area contributed by atoms with Gasteiger partial charge in [0.25, 0.3) is 0 Å². The summed E-state index contributed by atoms with van der Waals surface area (Å²) in [6.07, 6.45) is 0. The van der Waals surface area contributed by atoms with E-state index in [1.165, 1.54) is 11.8 Å². The summed E-state index contributed by atoms with van der Waals surface area (Å²) in [5.74, 6) is 1.32. The fourth-order valence-electron chi connectivity index (χ4n) is 2.80. The second-order valence-electron chi connectivity index (χ2n) is 6.03. The molecule has 0 unspecified atom stereocenters. The number of hydrogen-bond acceptors (Lipinski definition) is 5. The summed E-state index contributed by atoms with van der Waals surface area (Å²) < 4.78 is 2.02. The Morgan fingerprint density at radius 1 is 1.24 bits per heavy atom. The second kappa shape index (κ2) is 8.21. The van der Waals surface area contributed by atoms with Gasteiger partial charge >= 0.3 is 0 Å². The standard InChI is InChI=1S/C17H22ClN5OS/c1-3-23-16(13-5-4-6-14(18)11-13)19-20-17(23)25-12-15(24)22-9-7-21(2)8-10-22/h4-6,11H,3,7-10,12H2,1-2H3. The van der Waals surface area contributed by atoms with Crippen molar-refractivity contribution in [2.75, 3.05) is 39.0 Å². The fourth-order valence-corrected chi connectivity index (χ4v) is 3.89. The molecule has 134 valence electrons. The molecule has 0 bridgehead atoms. The quantitative estimate of drug-likeness (QED) is 0.747. The second-order valence-corrected chi connectivity index (χ2v) is 7.41. The van der Waals surface area contributed by atoms with Gasteiger partial charge in [-0.3, -0.25) is 4.79 Å². The van der Waals surface area contributed by atoms with Crippen LogP contribution in [0, 0.1) is 0 Å². The van der Waals surface area contributed by atoms with Crippen LogP contribution in [0.2, 0.25) is 5.02 Å². The summed E-state index contributed by atoms with van der Waals surface area (Å²) >= 11 is 7.53. The van der Waals surface area contributed by atoms with E-state index in [0.717, 1.165) is 49.3 Å². The molecule has 0 spiro atoms. The van der Waals surface area contributed by atoms with Crippen molar-refractivity contribution in [3.05, 3.63) is 29.3 Å². The third-order valence-corrected chi connectivity index (χ3v) is 5.48. The van der Waals surface area contributed by atoms with Crippen molar-refractivity contribution in [2.45, 2.75) is 18.6 Å². The van der Waals surface area contributed by atoms with E-state index < -0.39 is 0 Å². The van der Waals surface area contributed by atoms with E-state index in [1.807, 2.05) is 40.7 Å². The molecule has 0 saturated carbocycles. The van der Waals surface area contributed by atoms with Gasteiger partial charge in [-0.2, -0.15) is 0 Å². The van der Waals surface area contributed by atoms with Crippen molar-refractivity contribution in [1.29, 1.82) is 0 Å². The molecule has 0 N–H and O–H groups in total. The molecule has 1 aliphatic heterocycles. The maximum atomic E-state index is 12.4. The van der Waals surface area contributed by atoms with Gasteiger partial charge in [-0.15, -0.1) is 10.2 Å². The highest BCUT2D eigenvalue weighted by Crippen LogP contribution is 2.26. The average molecular weight is 380 g/mol. The van der Waals surface area contributed by atoms with Crippen LogP contribution in [0.15, 0.2) is 29.4 Å². The summed E-state index contributed by atoms with van der Waals surface area (Å²) in [4.78, 5) is 16.6. The Bertz CT molecular complexity index is 742. The smallest absolute Gasteiger partial charge is 0.233 e. The van der Waals surface area contributed by atoms with Gasteiger partial charge in [0, 0.05) is 43.3 Å². The van der Waals surface area contributed by atoms with Crippen molar-refractivity contribution in [3.8, 4) is 11.4 Å². The van der Waals surface area contributed by atoms with E-state index in [1.54, 1.807) is 0 Å². The molecule has 6 nitrogen and oxygen atoms in total. The van der Waals surface area contributed by atoms with E-state index in [4.69, 9.17) is 11.6 Å². The first-order valence-electron chi connectivity index (χ1n) is 8.36.